The van der Waals surface area contributed by atoms with Crippen LogP contribution in [0.15, 0.2) is 40.9 Å². The Bertz CT molecular complexity index is 863. The molecular weight excluding hydrogens is 342 g/mol. The molecule has 1 N–H and O–H groups in total. The molecule has 25 heavy (non-hydrogen) atoms. The third-order valence-electron chi connectivity index (χ3n) is 3.40. The lowest BCUT2D eigenvalue weighted by Crippen LogP contribution is -2.11. The highest BCUT2D eigenvalue weighted by Gasteiger charge is 2.11. The summed E-state index contributed by atoms with van der Waals surface area (Å²) < 4.78 is 5.19. The number of hydrogen-bond donors (Lipinski definition) is 1. The smallest absolute Gasteiger partial charge is 0.227 e. The molecule has 128 valence electrons. The predicted molar refractivity (Wildman–Crippen MR) is 93.1 cm³/mol. The van der Waals surface area contributed by atoms with Gasteiger partial charge >= 0.3 is 0 Å². The van der Waals surface area contributed by atoms with Crippen LogP contribution in [0.3, 0.4) is 0 Å². The van der Waals surface area contributed by atoms with Gasteiger partial charge in [-0.2, -0.15) is 10.1 Å². The van der Waals surface area contributed by atoms with Crippen LogP contribution in [0.2, 0.25) is 5.02 Å². The molecule has 2 aromatic heterocycles. The Hall–Kier alpha value is -2.80. The Morgan fingerprint density at radius 1 is 1.24 bits per heavy atom. The van der Waals surface area contributed by atoms with Crippen molar-refractivity contribution in [2.45, 2.75) is 26.2 Å². The number of rotatable bonds is 6. The van der Waals surface area contributed by atoms with Crippen LogP contribution in [0.25, 0.3) is 11.5 Å². The molecule has 0 spiro atoms. The zero-order valence-electron chi connectivity index (χ0n) is 13.6. The second kappa shape index (κ2) is 7.85. The topological polar surface area (TPSA) is 93.8 Å². The first kappa shape index (κ1) is 17.0. The van der Waals surface area contributed by atoms with Crippen molar-refractivity contribution in [2.24, 2.45) is 0 Å². The van der Waals surface area contributed by atoms with E-state index in [2.05, 4.69) is 25.7 Å². The van der Waals surface area contributed by atoms with Gasteiger partial charge in [0.25, 0.3) is 0 Å². The molecule has 1 amide bonds. The minimum absolute atomic E-state index is 0.0913. The first-order chi connectivity index (χ1) is 12.1. The molecule has 0 saturated carbocycles. The summed E-state index contributed by atoms with van der Waals surface area (Å²) in [6, 6.07) is 10.6. The maximum atomic E-state index is 11.9. The van der Waals surface area contributed by atoms with E-state index in [1.165, 1.54) is 0 Å². The summed E-state index contributed by atoms with van der Waals surface area (Å²) in [6.45, 7) is 1.85. The fourth-order valence-electron chi connectivity index (χ4n) is 2.17. The normalized spacial score (nSPS) is 10.6. The number of nitrogens with zero attached hydrogens (tertiary/aromatic N) is 4. The highest BCUT2D eigenvalue weighted by molar-refractivity contribution is 6.30. The van der Waals surface area contributed by atoms with Gasteiger partial charge in [0, 0.05) is 23.6 Å². The van der Waals surface area contributed by atoms with Crippen molar-refractivity contribution in [1.82, 2.24) is 20.3 Å². The minimum Gasteiger partial charge on any atom is -0.339 e. The fourth-order valence-corrected chi connectivity index (χ4v) is 2.36. The fraction of sp³-hybridized carbons (Fsp3) is 0.235. The molecule has 2 heterocycles. The number of hydrogen-bond acceptors (Lipinski definition) is 6. The molecule has 8 heteroatoms. The van der Waals surface area contributed by atoms with E-state index in [9.17, 15) is 4.79 Å². The summed E-state index contributed by atoms with van der Waals surface area (Å²) in [4.78, 5) is 16.2. The van der Waals surface area contributed by atoms with Crippen LogP contribution in [-0.4, -0.2) is 26.2 Å². The van der Waals surface area contributed by atoms with Crippen molar-refractivity contribution in [1.29, 1.82) is 0 Å². The number of halogens is 1. The van der Waals surface area contributed by atoms with Crippen LogP contribution in [0.1, 0.15) is 24.4 Å². The maximum absolute atomic E-state index is 11.9. The summed E-state index contributed by atoms with van der Waals surface area (Å²) in [6.07, 6.45) is 1.44. The van der Waals surface area contributed by atoms with Crippen molar-refractivity contribution >= 4 is 23.2 Å². The number of amides is 1. The quantitative estimate of drug-likeness (QED) is 0.726. The standard InChI is InChI=1S/C17H16ClN5O2/c1-11-8-9-14(22-21-11)17-20-16(25-23-17)7-3-6-15(24)19-13-5-2-4-12(18)10-13/h2,4-5,8-10H,3,6-7H2,1H3,(H,19,24). The van der Waals surface area contributed by atoms with E-state index in [0.717, 1.165) is 5.69 Å². The van der Waals surface area contributed by atoms with E-state index in [1.807, 2.05) is 13.0 Å². The first-order valence-electron chi connectivity index (χ1n) is 7.79. The van der Waals surface area contributed by atoms with E-state index in [1.54, 1.807) is 30.3 Å². The van der Waals surface area contributed by atoms with Gasteiger partial charge in [-0.1, -0.05) is 22.8 Å². The van der Waals surface area contributed by atoms with Crippen molar-refractivity contribution in [3.05, 3.63) is 53.0 Å². The lowest BCUT2D eigenvalue weighted by atomic mass is 10.2. The molecule has 3 rings (SSSR count). The predicted octanol–water partition coefficient (Wildman–Crippen LogP) is 3.45. The second-order valence-electron chi connectivity index (χ2n) is 5.48. The summed E-state index contributed by atoms with van der Waals surface area (Å²) in [5, 5.41) is 15.2. The number of carbonyl (C=O) groups excluding carboxylic acids is 1. The average Bonchev–Trinajstić information content (AvgIpc) is 3.04. The Labute approximate surface area is 149 Å². The molecule has 0 radical (unpaired) electrons. The summed E-state index contributed by atoms with van der Waals surface area (Å²) in [5.74, 6) is 0.769. The van der Waals surface area contributed by atoms with Crippen LogP contribution in [0, 0.1) is 6.92 Å². The largest absolute Gasteiger partial charge is 0.339 e. The highest BCUT2D eigenvalue weighted by atomic mass is 35.5. The lowest BCUT2D eigenvalue weighted by molar-refractivity contribution is -0.116. The van der Waals surface area contributed by atoms with Crippen LogP contribution in [-0.2, 0) is 11.2 Å². The average molecular weight is 358 g/mol. The van der Waals surface area contributed by atoms with Crippen molar-refractivity contribution in [3.63, 3.8) is 0 Å². The van der Waals surface area contributed by atoms with Crippen LogP contribution in [0.4, 0.5) is 5.69 Å². The Kier molecular flexibility index (Phi) is 5.35. The number of aryl methyl sites for hydroxylation is 2. The van der Waals surface area contributed by atoms with Gasteiger partial charge in [-0.15, -0.1) is 5.10 Å². The van der Waals surface area contributed by atoms with E-state index >= 15 is 0 Å². The molecule has 0 bridgehead atoms. The third kappa shape index (κ3) is 4.84. The van der Waals surface area contributed by atoms with Crippen LogP contribution < -0.4 is 5.32 Å². The van der Waals surface area contributed by atoms with Gasteiger partial charge in [0.1, 0.15) is 5.69 Å². The molecule has 0 saturated heterocycles. The third-order valence-corrected chi connectivity index (χ3v) is 3.63. The van der Waals surface area contributed by atoms with Gasteiger partial charge in [-0.25, -0.2) is 0 Å². The first-order valence-corrected chi connectivity index (χ1v) is 8.16. The molecule has 0 unspecified atom stereocenters. The molecular formula is C17H16ClN5O2. The van der Waals surface area contributed by atoms with E-state index < -0.39 is 0 Å². The van der Waals surface area contributed by atoms with Gasteiger partial charge < -0.3 is 9.84 Å². The van der Waals surface area contributed by atoms with Gasteiger partial charge in [0.2, 0.25) is 17.6 Å². The van der Waals surface area contributed by atoms with Crippen molar-refractivity contribution < 1.29 is 9.32 Å². The van der Waals surface area contributed by atoms with Gasteiger partial charge in [0.15, 0.2) is 0 Å². The molecule has 0 fully saturated rings. The molecule has 7 nitrogen and oxygen atoms in total. The molecule has 0 atom stereocenters. The van der Waals surface area contributed by atoms with E-state index in [-0.39, 0.29) is 5.91 Å². The Balaban J connectivity index is 1.49. The second-order valence-corrected chi connectivity index (χ2v) is 5.92. The number of nitrogens with one attached hydrogen (secondary N) is 1. The molecule has 0 aliphatic rings. The highest BCUT2D eigenvalue weighted by Crippen LogP contribution is 2.16. The Morgan fingerprint density at radius 3 is 2.88 bits per heavy atom. The maximum Gasteiger partial charge on any atom is 0.227 e. The lowest BCUT2D eigenvalue weighted by Gasteiger charge is -2.04. The number of carbonyl (C=O) groups is 1. The van der Waals surface area contributed by atoms with Crippen LogP contribution in [0.5, 0.6) is 0 Å². The monoisotopic (exact) mass is 357 g/mol. The minimum atomic E-state index is -0.0913. The number of benzene rings is 1. The molecule has 0 aliphatic carbocycles. The SMILES string of the molecule is Cc1ccc(-c2noc(CCCC(=O)Nc3cccc(Cl)c3)n2)nn1. The molecule has 1 aromatic carbocycles. The zero-order valence-corrected chi connectivity index (χ0v) is 14.3. The number of aromatic nitrogens is 4. The van der Waals surface area contributed by atoms with Gasteiger partial charge in [0.05, 0.1) is 5.69 Å². The van der Waals surface area contributed by atoms with Crippen molar-refractivity contribution in [3.8, 4) is 11.5 Å². The van der Waals surface area contributed by atoms with E-state index in [4.69, 9.17) is 16.1 Å². The van der Waals surface area contributed by atoms with Crippen molar-refractivity contribution in [2.75, 3.05) is 5.32 Å². The summed E-state index contributed by atoms with van der Waals surface area (Å²) >= 11 is 5.89. The summed E-state index contributed by atoms with van der Waals surface area (Å²) in [7, 11) is 0. The van der Waals surface area contributed by atoms with Gasteiger partial charge in [-0.05, 0) is 43.7 Å². The summed E-state index contributed by atoms with van der Waals surface area (Å²) in [5.41, 5.74) is 2.05. The molecule has 0 aliphatic heterocycles. The zero-order chi connectivity index (χ0) is 17.6. The van der Waals surface area contributed by atoms with Gasteiger partial charge in [-0.3, -0.25) is 4.79 Å². The molecule has 3 aromatic rings. The number of anilines is 1. The Morgan fingerprint density at radius 2 is 2.12 bits per heavy atom. The van der Waals surface area contributed by atoms with Crippen LogP contribution >= 0.6 is 11.6 Å². The van der Waals surface area contributed by atoms with E-state index in [0.29, 0.717) is 47.4 Å².